The largest absolute Gasteiger partial charge is 0.392 e. The zero-order valence-corrected chi connectivity index (χ0v) is 13.3. The molecule has 0 unspecified atom stereocenters. The summed E-state index contributed by atoms with van der Waals surface area (Å²) in [5.41, 5.74) is 1.13. The van der Waals surface area contributed by atoms with Crippen molar-refractivity contribution < 1.29 is 13.5 Å². The minimum absolute atomic E-state index is 0.0861. The quantitative estimate of drug-likeness (QED) is 0.859. The Morgan fingerprint density at radius 1 is 1.15 bits per heavy atom. The minimum Gasteiger partial charge on any atom is -0.392 e. The van der Waals surface area contributed by atoms with E-state index in [0.717, 1.165) is 0 Å². The van der Waals surface area contributed by atoms with E-state index < -0.39 is 10.0 Å². The predicted octanol–water partition coefficient (Wildman–Crippen LogP) is 3.40. The van der Waals surface area contributed by atoms with Gasteiger partial charge in [0.2, 0.25) is 0 Å². The van der Waals surface area contributed by atoms with E-state index in [1.165, 1.54) is 18.2 Å². The molecule has 2 N–H and O–H groups in total. The summed E-state index contributed by atoms with van der Waals surface area (Å²) in [7, 11) is -3.67. The molecular formula is C13H11BrClNO3S. The van der Waals surface area contributed by atoms with E-state index in [4.69, 9.17) is 16.7 Å². The molecule has 2 rings (SSSR count). The van der Waals surface area contributed by atoms with Crippen molar-refractivity contribution in [3.05, 3.63) is 57.5 Å². The molecule has 0 fully saturated rings. The van der Waals surface area contributed by atoms with Crippen molar-refractivity contribution in [2.24, 2.45) is 0 Å². The summed E-state index contributed by atoms with van der Waals surface area (Å²) >= 11 is 9.03. The van der Waals surface area contributed by atoms with Crippen LogP contribution >= 0.6 is 27.5 Å². The molecule has 0 amide bonds. The first-order chi connectivity index (χ1) is 9.42. The van der Waals surface area contributed by atoms with Crippen LogP contribution in [0.4, 0.5) is 5.69 Å². The first-order valence-corrected chi connectivity index (χ1v) is 8.25. The third kappa shape index (κ3) is 3.52. The summed E-state index contributed by atoms with van der Waals surface area (Å²) < 4.78 is 27.4. The van der Waals surface area contributed by atoms with Gasteiger partial charge in [-0.2, -0.15) is 0 Å². The monoisotopic (exact) mass is 375 g/mol. The van der Waals surface area contributed by atoms with Gasteiger partial charge in [-0.3, -0.25) is 4.72 Å². The molecule has 0 aromatic heterocycles. The zero-order chi connectivity index (χ0) is 14.8. The van der Waals surface area contributed by atoms with Gasteiger partial charge in [0.1, 0.15) is 0 Å². The third-order valence-corrected chi connectivity index (χ3v) is 5.18. The minimum atomic E-state index is -3.67. The van der Waals surface area contributed by atoms with Crippen molar-refractivity contribution in [1.29, 1.82) is 0 Å². The molecule has 2 aromatic rings. The number of sulfonamides is 1. The maximum absolute atomic E-state index is 12.2. The summed E-state index contributed by atoms with van der Waals surface area (Å²) in [6.07, 6.45) is 0. The number of halogens is 2. The van der Waals surface area contributed by atoms with E-state index in [1.54, 1.807) is 24.3 Å². The van der Waals surface area contributed by atoms with Crippen molar-refractivity contribution in [3.8, 4) is 0 Å². The van der Waals surface area contributed by atoms with Crippen LogP contribution in [0.3, 0.4) is 0 Å². The van der Waals surface area contributed by atoms with Crippen LogP contribution in [0, 0.1) is 0 Å². The number of hydrogen-bond donors (Lipinski definition) is 2. The van der Waals surface area contributed by atoms with E-state index >= 15 is 0 Å². The lowest BCUT2D eigenvalue weighted by atomic mass is 10.2. The second-order valence-electron chi connectivity index (χ2n) is 4.04. The summed E-state index contributed by atoms with van der Waals surface area (Å²) in [5, 5.41) is 9.38. The Balaban J connectivity index is 2.27. The molecule has 0 atom stereocenters. The Morgan fingerprint density at radius 3 is 2.35 bits per heavy atom. The fourth-order valence-corrected chi connectivity index (χ4v) is 3.27. The van der Waals surface area contributed by atoms with Crippen LogP contribution in [0.15, 0.2) is 51.8 Å². The summed E-state index contributed by atoms with van der Waals surface area (Å²) in [6.45, 7) is -0.0861. The number of anilines is 1. The fourth-order valence-electron chi connectivity index (χ4n) is 1.54. The second kappa shape index (κ2) is 6.13. The number of hydrogen-bond acceptors (Lipinski definition) is 3. The van der Waals surface area contributed by atoms with Crippen LogP contribution in [0.5, 0.6) is 0 Å². The van der Waals surface area contributed by atoms with Gasteiger partial charge in [0.05, 0.1) is 16.5 Å². The van der Waals surface area contributed by atoms with Gasteiger partial charge < -0.3 is 5.11 Å². The molecule has 0 aliphatic rings. The van der Waals surface area contributed by atoms with Gasteiger partial charge in [0.15, 0.2) is 0 Å². The Kier molecular flexibility index (Phi) is 4.70. The number of benzene rings is 2. The molecule has 0 aliphatic heterocycles. The molecule has 0 saturated carbocycles. The van der Waals surface area contributed by atoms with Crippen LogP contribution in [-0.2, 0) is 16.6 Å². The molecule has 2 aromatic carbocycles. The van der Waals surface area contributed by atoms with Gasteiger partial charge in [0.25, 0.3) is 10.0 Å². The highest BCUT2D eigenvalue weighted by molar-refractivity contribution is 9.10. The summed E-state index contributed by atoms with van der Waals surface area (Å²) in [6, 6.07) is 10.9. The standard InChI is InChI=1S/C13H11BrClNO3S/c14-12-7-11(5-6-13(12)15)20(18,19)16-10-3-1-9(8-17)2-4-10/h1-7,16-17H,8H2. The first kappa shape index (κ1) is 15.3. The molecule has 0 spiro atoms. The first-order valence-electron chi connectivity index (χ1n) is 5.60. The van der Waals surface area contributed by atoms with Crippen LogP contribution in [-0.4, -0.2) is 13.5 Å². The number of aliphatic hydroxyl groups excluding tert-OH is 1. The second-order valence-corrected chi connectivity index (χ2v) is 6.98. The lowest BCUT2D eigenvalue weighted by molar-refractivity contribution is 0.282. The molecule has 4 nitrogen and oxygen atoms in total. The number of nitrogens with one attached hydrogen (secondary N) is 1. The number of rotatable bonds is 4. The molecule has 0 radical (unpaired) electrons. The lowest BCUT2D eigenvalue weighted by Crippen LogP contribution is -2.12. The van der Waals surface area contributed by atoms with Crippen molar-refractivity contribution in [3.63, 3.8) is 0 Å². The highest BCUT2D eigenvalue weighted by Gasteiger charge is 2.15. The Hall–Kier alpha value is -1.08. The van der Waals surface area contributed by atoms with Crippen LogP contribution < -0.4 is 4.72 Å². The van der Waals surface area contributed by atoms with Crippen LogP contribution in [0.2, 0.25) is 5.02 Å². The van der Waals surface area contributed by atoms with Crippen molar-refractivity contribution in [1.82, 2.24) is 0 Å². The van der Waals surface area contributed by atoms with Gasteiger partial charge >= 0.3 is 0 Å². The topological polar surface area (TPSA) is 66.4 Å². The van der Waals surface area contributed by atoms with E-state index in [9.17, 15) is 8.42 Å². The summed E-state index contributed by atoms with van der Waals surface area (Å²) in [4.78, 5) is 0.111. The van der Waals surface area contributed by atoms with Crippen LogP contribution in [0.25, 0.3) is 0 Å². The predicted molar refractivity (Wildman–Crippen MR) is 82.3 cm³/mol. The molecular weight excluding hydrogens is 366 g/mol. The van der Waals surface area contributed by atoms with Gasteiger partial charge in [-0.05, 0) is 51.8 Å². The van der Waals surface area contributed by atoms with E-state index in [2.05, 4.69) is 20.7 Å². The highest BCUT2D eigenvalue weighted by atomic mass is 79.9. The Bertz CT molecular complexity index is 717. The summed E-state index contributed by atoms with van der Waals surface area (Å²) in [5.74, 6) is 0. The van der Waals surface area contributed by atoms with Crippen LogP contribution in [0.1, 0.15) is 5.56 Å². The molecule has 0 aliphatic carbocycles. The number of aliphatic hydroxyl groups is 1. The van der Waals surface area contributed by atoms with Crippen molar-refractivity contribution in [2.75, 3.05) is 4.72 Å². The molecule has 20 heavy (non-hydrogen) atoms. The normalized spacial score (nSPS) is 11.3. The Labute approximate surface area is 130 Å². The zero-order valence-electron chi connectivity index (χ0n) is 10.2. The van der Waals surface area contributed by atoms with Gasteiger partial charge in [-0.15, -0.1) is 0 Å². The highest BCUT2D eigenvalue weighted by Crippen LogP contribution is 2.26. The lowest BCUT2D eigenvalue weighted by Gasteiger charge is -2.09. The average Bonchev–Trinajstić information content (AvgIpc) is 2.42. The van der Waals surface area contributed by atoms with Gasteiger partial charge in [0, 0.05) is 10.2 Å². The van der Waals surface area contributed by atoms with Gasteiger partial charge in [-0.1, -0.05) is 23.7 Å². The maximum atomic E-state index is 12.2. The molecule has 0 heterocycles. The van der Waals surface area contributed by atoms with Crippen molar-refractivity contribution in [2.45, 2.75) is 11.5 Å². The van der Waals surface area contributed by atoms with E-state index in [-0.39, 0.29) is 11.5 Å². The smallest absolute Gasteiger partial charge is 0.261 e. The SMILES string of the molecule is O=S(=O)(Nc1ccc(CO)cc1)c1ccc(Cl)c(Br)c1. The molecule has 0 bridgehead atoms. The average molecular weight is 377 g/mol. The maximum Gasteiger partial charge on any atom is 0.261 e. The van der Waals surface area contributed by atoms with E-state index in [0.29, 0.717) is 20.7 Å². The Morgan fingerprint density at radius 2 is 1.80 bits per heavy atom. The fraction of sp³-hybridized carbons (Fsp3) is 0.0769. The molecule has 0 saturated heterocycles. The van der Waals surface area contributed by atoms with Crippen molar-refractivity contribution >= 4 is 43.2 Å². The van der Waals surface area contributed by atoms with E-state index in [1.807, 2.05) is 0 Å². The molecule has 106 valence electrons. The molecule has 7 heteroatoms. The third-order valence-electron chi connectivity index (χ3n) is 2.59. The van der Waals surface area contributed by atoms with Gasteiger partial charge in [-0.25, -0.2) is 8.42 Å².